The fraction of sp³-hybridized carbons (Fsp3) is 0.250. The Kier molecular flexibility index (Phi) is 6.77. The SMILES string of the molecule is CCOCCn1c(=NC(=O)c2ccc(C(=O)OC)cc2)sc2cc(Br)ccc21. The van der Waals surface area contributed by atoms with Gasteiger partial charge in [0.2, 0.25) is 0 Å². The zero-order valence-electron chi connectivity index (χ0n) is 15.5. The third kappa shape index (κ3) is 4.57. The molecule has 0 saturated carbocycles. The minimum absolute atomic E-state index is 0.368. The van der Waals surface area contributed by atoms with Gasteiger partial charge in [0.25, 0.3) is 5.91 Å². The molecule has 1 heterocycles. The Morgan fingerprint density at radius 3 is 2.54 bits per heavy atom. The highest BCUT2D eigenvalue weighted by atomic mass is 79.9. The monoisotopic (exact) mass is 462 g/mol. The molecule has 0 aliphatic heterocycles. The molecule has 3 aromatic rings. The molecule has 1 amide bonds. The van der Waals surface area contributed by atoms with Gasteiger partial charge in [0, 0.05) is 23.2 Å². The average Bonchev–Trinajstić information content (AvgIpc) is 3.03. The van der Waals surface area contributed by atoms with Crippen LogP contribution in [-0.2, 0) is 16.0 Å². The van der Waals surface area contributed by atoms with Gasteiger partial charge in [-0.15, -0.1) is 0 Å². The highest BCUT2D eigenvalue weighted by molar-refractivity contribution is 9.10. The molecular formula is C20H19BrN2O4S. The van der Waals surface area contributed by atoms with Crippen molar-refractivity contribution < 1.29 is 19.1 Å². The molecule has 28 heavy (non-hydrogen) atoms. The Bertz CT molecular complexity index is 1070. The normalized spacial score (nSPS) is 11.8. The fourth-order valence-corrected chi connectivity index (χ4v) is 4.27. The molecule has 0 aliphatic carbocycles. The Labute approximate surface area is 174 Å². The molecular weight excluding hydrogens is 444 g/mol. The van der Waals surface area contributed by atoms with Crippen molar-refractivity contribution in [2.24, 2.45) is 4.99 Å². The first-order chi connectivity index (χ1) is 13.5. The Morgan fingerprint density at radius 1 is 1.14 bits per heavy atom. The van der Waals surface area contributed by atoms with E-state index < -0.39 is 5.97 Å². The van der Waals surface area contributed by atoms with Crippen LogP contribution in [0.15, 0.2) is 51.9 Å². The summed E-state index contributed by atoms with van der Waals surface area (Å²) in [7, 11) is 1.32. The number of methoxy groups -OCH3 is 1. The first-order valence-electron chi connectivity index (χ1n) is 8.67. The summed E-state index contributed by atoms with van der Waals surface area (Å²) >= 11 is 4.93. The van der Waals surface area contributed by atoms with Crippen LogP contribution in [0.3, 0.4) is 0 Å². The van der Waals surface area contributed by atoms with Gasteiger partial charge in [0.15, 0.2) is 4.80 Å². The van der Waals surface area contributed by atoms with E-state index in [9.17, 15) is 9.59 Å². The second kappa shape index (κ2) is 9.27. The highest BCUT2D eigenvalue weighted by Crippen LogP contribution is 2.22. The van der Waals surface area contributed by atoms with Crippen LogP contribution < -0.4 is 4.80 Å². The lowest BCUT2D eigenvalue weighted by atomic mass is 10.1. The lowest BCUT2D eigenvalue weighted by molar-refractivity contribution is 0.0600. The number of carbonyl (C=O) groups excluding carboxylic acids is 2. The van der Waals surface area contributed by atoms with Crippen molar-refractivity contribution in [2.45, 2.75) is 13.5 Å². The zero-order valence-corrected chi connectivity index (χ0v) is 17.9. The van der Waals surface area contributed by atoms with Gasteiger partial charge >= 0.3 is 5.97 Å². The lowest BCUT2D eigenvalue weighted by Crippen LogP contribution is -2.19. The maximum atomic E-state index is 12.7. The zero-order chi connectivity index (χ0) is 20.1. The number of benzene rings is 2. The number of hydrogen-bond donors (Lipinski definition) is 0. The average molecular weight is 463 g/mol. The first kappa shape index (κ1) is 20.4. The second-order valence-electron chi connectivity index (χ2n) is 5.83. The van der Waals surface area contributed by atoms with Gasteiger partial charge in [-0.25, -0.2) is 4.79 Å². The highest BCUT2D eigenvalue weighted by Gasteiger charge is 2.11. The number of ether oxygens (including phenoxy) is 2. The predicted molar refractivity (Wildman–Crippen MR) is 112 cm³/mol. The summed E-state index contributed by atoms with van der Waals surface area (Å²) in [4.78, 5) is 29.1. The van der Waals surface area contributed by atoms with Crippen molar-refractivity contribution in [3.8, 4) is 0 Å². The van der Waals surface area contributed by atoms with Crippen LogP contribution in [0.1, 0.15) is 27.6 Å². The summed E-state index contributed by atoms with van der Waals surface area (Å²) in [5.74, 6) is -0.813. The standard InChI is InChI=1S/C20H19BrN2O4S/c1-3-27-11-10-23-16-9-8-15(21)12-17(16)28-20(23)22-18(24)13-4-6-14(7-5-13)19(25)26-2/h4-9,12H,3,10-11H2,1-2H3. The summed E-state index contributed by atoms with van der Waals surface area (Å²) in [6, 6.07) is 12.2. The predicted octanol–water partition coefficient (Wildman–Crippen LogP) is 4.03. The molecule has 3 rings (SSSR count). The molecule has 0 fully saturated rings. The summed E-state index contributed by atoms with van der Waals surface area (Å²) in [6.07, 6.45) is 0. The van der Waals surface area contributed by atoms with Gasteiger partial charge in [-0.05, 0) is 49.4 Å². The molecule has 0 bridgehead atoms. The van der Waals surface area contributed by atoms with E-state index in [0.717, 1.165) is 14.7 Å². The van der Waals surface area contributed by atoms with E-state index in [1.165, 1.54) is 18.4 Å². The minimum Gasteiger partial charge on any atom is -0.465 e. The van der Waals surface area contributed by atoms with Crippen LogP contribution in [0.5, 0.6) is 0 Å². The van der Waals surface area contributed by atoms with Gasteiger partial charge < -0.3 is 14.0 Å². The van der Waals surface area contributed by atoms with Crippen LogP contribution in [0.25, 0.3) is 10.2 Å². The molecule has 0 atom stereocenters. The first-order valence-corrected chi connectivity index (χ1v) is 10.3. The largest absolute Gasteiger partial charge is 0.465 e. The van der Waals surface area contributed by atoms with Gasteiger partial charge in [-0.2, -0.15) is 4.99 Å². The van der Waals surface area contributed by atoms with Crippen LogP contribution >= 0.6 is 27.3 Å². The minimum atomic E-state index is -0.445. The molecule has 8 heteroatoms. The number of halogens is 1. The smallest absolute Gasteiger partial charge is 0.337 e. The van der Waals surface area contributed by atoms with Gasteiger partial charge in [-0.3, -0.25) is 4.79 Å². The molecule has 0 saturated heterocycles. The number of nitrogens with zero attached hydrogens (tertiary/aromatic N) is 2. The number of fused-ring (bicyclic) bond motifs is 1. The van der Waals surface area contributed by atoms with E-state index in [1.54, 1.807) is 24.3 Å². The molecule has 0 N–H and O–H groups in total. The number of esters is 1. The maximum Gasteiger partial charge on any atom is 0.337 e. The van der Waals surface area contributed by atoms with Crippen molar-refractivity contribution in [2.75, 3.05) is 20.3 Å². The third-order valence-corrected chi connectivity index (χ3v) is 5.59. The van der Waals surface area contributed by atoms with E-state index in [4.69, 9.17) is 4.74 Å². The number of hydrogen-bond acceptors (Lipinski definition) is 5. The molecule has 0 unspecified atom stereocenters. The van der Waals surface area contributed by atoms with E-state index in [-0.39, 0.29) is 5.91 Å². The van der Waals surface area contributed by atoms with Crippen LogP contribution in [0, 0.1) is 0 Å². The van der Waals surface area contributed by atoms with Crippen molar-refractivity contribution >= 4 is 49.4 Å². The topological polar surface area (TPSA) is 69.9 Å². The van der Waals surface area contributed by atoms with Crippen LogP contribution in [0.2, 0.25) is 0 Å². The summed E-state index contributed by atoms with van der Waals surface area (Å²) in [5.41, 5.74) is 1.79. The van der Waals surface area contributed by atoms with Crippen molar-refractivity contribution in [1.29, 1.82) is 0 Å². The summed E-state index contributed by atoms with van der Waals surface area (Å²) in [6.45, 7) is 3.71. The van der Waals surface area contributed by atoms with Crippen LogP contribution in [-0.4, -0.2) is 36.8 Å². The Morgan fingerprint density at radius 2 is 1.86 bits per heavy atom. The van der Waals surface area contributed by atoms with Gasteiger partial charge in [0.05, 0.1) is 29.5 Å². The van der Waals surface area contributed by atoms with E-state index in [2.05, 4.69) is 25.7 Å². The Hall–Kier alpha value is -2.29. The van der Waals surface area contributed by atoms with Gasteiger partial charge in [0.1, 0.15) is 0 Å². The number of aromatic nitrogens is 1. The third-order valence-electron chi connectivity index (χ3n) is 4.06. The lowest BCUT2D eigenvalue weighted by Gasteiger charge is -2.05. The fourth-order valence-electron chi connectivity index (χ4n) is 2.67. The van der Waals surface area contributed by atoms with Crippen molar-refractivity contribution in [1.82, 2.24) is 4.57 Å². The van der Waals surface area contributed by atoms with Gasteiger partial charge in [-0.1, -0.05) is 27.3 Å². The molecule has 0 aliphatic rings. The molecule has 6 nitrogen and oxygen atoms in total. The second-order valence-corrected chi connectivity index (χ2v) is 7.76. The van der Waals surface area contributed by atoms with E-state index in [1.807, 2.05) is 29.7 Å². The molecule has 146 valence electrons. The molecule has 0 spiro atoms. The number of carbonyl (C=O) groups is 2. The summed E-state index contributed by atoms with van der Waals surface area (Å²) in [5, 5.41) is 0. The van der Waals surface area contributed by atoms with E-state index in [0.29, 0.717) is 35.7 Å². The number of thiazole rings is 1. The quantitative estimate of drug-likeness (QED) is 0.409. The van der Waals surface area contributed by atoms with Crippen LogP contribution in [0.4, 0.5) is 0 Å². The molecule has 2 aromatic carbocycles. The van der Waals surface area contributed by atoms with Crippen molar-refractivity contribution in [3.63, 3.8) is 0 Å². The number of rotatable bonds is 6. The summed E-state index contributed by atoms with van der Waals surface area (Å²) < 4.78 is 14.1. The maximum absolute atomic E-state index is 12.7. The molecule has 0 radical (unpaired) electrons. The molecule has 1 aromatic heterocycles. The Balaban J connectivity index is 1.98. The van der Waals surface area contributed by atoms with Crippen molar-refractivity contribution in [3.05, 3.63) is 62.9 Å². The number of amides is 1. The van der Waals surface area contributed by atoms with E-state index >= 15 is 0 Å².